The van der Waals surface area contributed by atoms with Gasteiger partial charge in [-0.05, 0) is 12.0 Å². The first-order valence-corrected chi connectivity index (χ1v) is 8.46. The van der Waals surface area contributed by atoms with E-state index < -0.39 is 12.1 Å². The quantitative estimate of drug-likeness (QED) is 0.889. The molecule has 6 nitrogen and oxygen atoms in total. The molecule has 1 N–H and O–H groups in total. The highest BCUT2D eigenvalue weighted by atomic mass is 16.5. The number of benzene rings is 1. The Bertz CT molecular complexity index is 632. The van der Waals surface area contributed by atoms with Crippen molar-refractivity contribution in [2.24, 2.45) is 5.92 Å². The van der Waals surface area contributed by atoms with E-state index in [2.05, 4.69) is 10.2 Å². The molecule has 0 saturated carbocycles. The number of piperazine rings is 2. The van der Waals surface area contributed by atoms with Crippen molar-refractivity contribution in [1.29, 1.82) is 0 Å². The Morgan fingerprint density at radius 3 is 2.71 bits per heavy atom. The molecule has 0 unspecified atom stereocenters. The number of nitrogens with zero attached hydrogens (tertiary/aromatic N) is 2. The second kappa shape index (κ2) is 6.81. The highest BCUT2D eigenvalue weighted by Crippen LogP contribution is 2.23. The SMILES string of the molecule is COc1ccccc1CN1CCN2C(=O)[C@@H](C(C)C)NC(=O)[C@H]2C1. The predicted octanol–water partition coefficient (Wildman–Crippen LogP) is 0.862. The number of nitrogens with one attached hydrogen (secondary N) is 1. The number of hydrogen-bond acceptors (Lipinski definition) is 4. The molecule has 3 rings (SSSR count). The molecular weight excluding hydrogens is 306 g/mol. The van der Waals surface area contributed by atoms with E-state index in [1.807, 2.05) is 38.1 Å². The fourth-order valence-corrected chi connectivity index (χ4v) is 3.49. The molecule has 0 spiro atoms. The van der Waals surface area contributed by atoms with Gasteiger partial charge in [-0.2, -0.15) is 0 Å². The van der Waals surface area contributed by atoms with Gasteiger partial charge in [0.2, 0.25) is 11.8 Å². The number of amides is 2. The Hall–Kier alpha value is -2.08. The summed E-state index contributed by atoms with van der Waals surface area (Å²) in [6.07, 6.45) is 0. The lowest BCUT2D eigenvalue weighted by molar-refractivity contribution is -0.154. The summed E-state index contributed by atoms with van der Waals surface area (Å²) in [7, 11) is 1.66. The van der Waals surface area contributed by atoms with Crippen molar-refractivity contribution in [2.75, 3.05) is 26.7 Å². The smallest absolute Gasteiger partial charge is 0.246 e. The maximum Gasteiger partial charge on any atom is 0.246 e. The molecule has 0 radical (unpaired) electrons. The van der Waals surface area contributed by atoms with Gasteiger partial charge < -0.3 is 15.0 Å². The number of carbonyl (C=O) groups is 2. The van der Waals surface area contributed by atoms with E-state index in [4.69, 9.17) is 4.74 Å². The fraction of sp³-hybridized carbons (Fsp3) is 0.556. The van der Waals surface area contributed by atoms with Gasteiger partial charge in [-0.25, -0.2) is 0 Å². The zero-order chi connectivity index (χ0) is 17.3. The second-order valence-corrected chi connectivity index (χ2v) is 6.82. The first kappa shape index (κ1) is 16.8. The molecule has 24 heavy (non-hydrogen) atoms. The van der Waals surface area contributed by atoms with Crippen LogP contribution < -0.4 is 10.1 Å². The zero-order valence-corrected chi connectivity index (χ0v) is 14.5. The van der Waals surface area contributed by atoms with Gasteiger partial charge in [0.05, 0.1) is 7.11 Å². The summed E-state index contributed by atoms with van der Waals surface area (Å²) in [5.74, 6) is 0.961. The van der Waals surface area contributed by atoms with Crippen LogP contribution in [0, 0.1) is 5.92 Å². The lowest BCUT2D eigenvalue weighted by Gasteiger charge is -2.46. The van der Waals surface area contributed by atoms with Crippen LogP contribution in [0.15, 0.2) is 24.3 Å². The summed E-state index contributed by atoms with van der Waals surface area (Å²) >= 11 is 0. The molecule has 1 aromatic rings. The monoisotopic (exact) mass is 331 g/mol. The van der Waals surface area contributed by atoms with Gasteiger partial charge in [0.15, 0.2) is 0 Å². The summed E-state index contributed by atoms with van der Waals surface area (Å²) in [6, 6.07) is 7.12. The third kappa shape index (κ3) is 3.11. The van der Waals surface area contributed by atoms with Crippen LogP contribution in [0.1, 0.15) is 19.4 Å². The molecule has 6 heteroatoms. The first-order valence-electron chi connectivity index (χ1n) is 8.46. The fourth-order valence-electron chi connectivity index (χ4n) is 3.49. The molecule has 0 aromatic heterocycles. The van der Waals surface area contributed by atoms with Crippen LogP contribution in [0.25, 0.3) is 0 Å². The minimum atomic E-state index is -0.394. The van der Waals surface area contributed by atoms with Crippen LogP contribution in [0.2, 0.25) is 0 Å². The largest absolute Gasteiger partial charge is 0.496 e. The summed E-state index contributed by atoms with van der Waals surface area (Å²) in [4.78, 5) is 29.0. The summed E-state index contributed by atoms with van der Waals surface area (Å²) in [5.41, 5.74) is 1.09. The van der Waals surface area contributed by atoms with E-state index in [0.717, 1.165) is 17.9 Å². The van der Waals surface area contributed by atoms with Crippen LogP contribution >= 0.6 is 0 Å². The molecule has 130 valence electrons. The van der Waals surface area contributed by atoms with Gasteiger partial charge in [-0.3, -0.25) is 14.5 Å². The van der Waals surface area contributed by atoms with E-state index in [1.54, 1.807) is 12.0 Å². The minimum Gasteiger partial charge on any atom is -0.496 e. The normalized spacial score (nSPS) is 24.8. The summed E-state index contributed by atoms with van der Waals surface area (Å²) < 4.78 is 5.40. The molecule has 0 aliphatic carbocycles. The van der Waals surface area contributed by atoms with E-state index in [0.29, 0.717) is 19.6 Å². The molecule has 2 amide bonds. The number of ether oxygens (including phenoxy) is 1. The lowest BCUT2D eigenvalue weighted by Crippen LogP contribution is -2.70. The standard InChI is InChI=1S/C18H25N3O3/c1-12(2)16-18(23)21-9-8-20(11-14(21)17(22)19-16)10-13-6-4-5-7-15(13)24-3/h4-7,12,14,16H,8-11H2,1-3H3,(H,19,22)/t14-,16-/m1/s1. The number of methoxy groups -OCH3 is 1. The number of para-hydroxylation sites is 1. The van der Waals surface area contributed by atoms with Crippen molar-refractivity contribution in [3.05, 3.63) is 29.8 Å². The van der Waals surface area contributed by atoms with Gasteiger partial charge in [0.25, 0.3) is 0 Å². The summed E-state index contributed by atoms with van der Waals surface area (Å²) in [6.45, 7) is 6.54. The van der Waals surface area contributed by atoms with Crippen LogP contribution in [0.4, 0.5) is 0 Å². The van der Waals surface area contributed by atoms with Crippen molar-refractivity contribution in [3.63, 3.8) is 0 Å². The van der Waals surface area contributed by atoms with Crippen molar-refractivity contribution in [3.8, 4) is 5.75 Å². The van der Waals surface area contributed by atoms with Gasteiger partial charge in [0, 0.05) is 31.7 Å². The van der Waals surface area contributed by atoms with E-state index in [-0.39, 0.29) is 17.7 Å². The van der Waals surface area contributed by atoms with Crippen molar-refractivity contribution >= 4 is 11.8 Å². The Morgan fingerprint density at radius 1 is 1.25 bits per heavy atom. The molecular formula is C18H25N3O3. The second-order valence-electron chi connectivity index (χ2n) is 6.82. The van der Waals surface area contributed by atoms with Gasteiger partial charge >= 0.3 is 0 Å². The number of rotatable bonds is 4. The molecule has 2 atom stereocenters. The molecule has 0 bridgehead atoms. The highest BCUT2D eigenvalue weighted by Gasteiger charge is 2.44. The Balaban J connectivity index is 1.71. The maximum absolute atomic E-state index is 12.6. The topological polar surface area (TPSA) is 61.9 Å². The minimum absolute atomic E-state index is 0.0435. The maximum atomic E-state index is 12.6. The molecule has 2 heterocycles. The molecule has 2 aliphatic heterocycles. The van der Waals surface area contributed by atoms with E-state index in [9.17, 15) is 9.59 Å². The van der Waals surface area contributed by atoms with Crippen LogP contribution in [0.3, 0.4) is 0 Å². The Labute approximate surface area is 142 Å². The molecule has 2 aliphatic rings. The van der Waals surface area contributed by atoms with Gasteiger partial charge in [-0.15, -0.1) is 0 Å². The Kier molecular flexibility index (Phi) is 4.76. The van der Waals surface area contributed by atoms with Crippen molar-refractivity contribution in [2.45, 2.75) is 32.5 Å². The van der Waals surface area contributed by atoms with Crippen molar-refractivity contribution in [1.82, 2.24) is 15.1 Å². The highest BCUT2D eigenvalue weighted by molar-refractivity contribution is 5.97. The first-order chi connectivity index (χ1) is 11.5. The number of carbonyl (C=O) groups excluding carboxylic acids is 2. The van der Waals surface area contributed by atoms with E-state index >= 15 is 0 Å². The van der Waals surface area contributed by atoms with Gasteiger partial charge in [-0.1, -0.05) is 32.0 Å². The number of fused-ring (bicyclic) bond motifs is 1. The van der Waals surface area contributed by atoms with Crippen LogP contribution in [-0.4, -0.2) is 60.4 Å². The third-order valence-electron chi connectivity index (χ3n) is 4.87. The Morgan fingerprint density at radius 2 is 2.00 bits per heavy atom. The summed E-state index contributed by atoms with van der Waals surface area (Å²) in [5, 5.41) is 2.89. The predicted molar refractivity (Wildman–Crippen MR) is 90.5 cm³/mol. The zero-order valence-electron chi connectivity index (χ0n) is 14.5. The van der Waals surface area contributed by atoms with Crippen LogP contribution in [0.5, 0.6) is 5.75 Å². The average molecular weight is 331 g/mol. The average Bonchev–Trinajstić information content (AvgIpc) is 2.58. The van der Waals surface area contributed by atoms with Crippen LogP contribution in [-0.2, 0) is 16.1 Å². The molecule has 1 aromatic carbocycles. The lowest BCUT2D eigenvalue weighted by atomic mass is 9.96. The van der Waals surface area contributed by atoms with Gasteiger partial charge in [0.1, 0.15) is 17.8 Å². The third-order valence-corrected chi connectivity index (χ3v) is 4.87. The molecule has 2 saturated heterocycles. The molecule has 2 fully saturated rings. The van der Waals surface area contributed by atoms with Crippen molar-refractivity contribution < 1.29 is 14.3 Å². The van der Waals surface area contributed by atoms with E-state index in [1.165, 1.54) is 0 Å². The number of hydrogen-bond donors (Lipinski definition) is 1.